The van der Waals surface area contributed by atoms with Crippen LogP contribution in [0.15, 0.2) is 30.3 Å². The summed E-state index contributed by atoms with van der Waals surface area (Å²) >= 11 is 6.47. The SMILES string of the molecule is O[C@@H]1COC2C1OC[C@H]2Oc1nc2nc(NCc3ccc(CN4CCCC4)cc3)c(Cl)cc2[nH]1. The van der Waals surface area contributed by atoms with Gasteiger partial charge in [0.05, 0.1) is 23.8 Å². The van der Waals surface area contributed by atoms with Crippen LogP contribution in [0.1, 0.15) is 24.0 Å². The third-order valence-electron chi connectivity index (χ3n) is 6.74. The first-order chi connectivity index (χ1) is 16.6. The number of aliphatic hydroxyl groups excluding tert-OH is 1. The van der Waals surface area contributed by atoms with Crippen molar-refractivity contribution in [2.45, 2.75) is 50.3 Å². The predicted molar refractivity (Wildman–Crippen MR) is 127 cm³/mol. The molecule has 6 rings (SSSR count). The van der Waals surface area contributed by atoms with Crippen LogP contribution >= 0.6 is 11.6 Å². The number of pyridine rings is 1. The van der Waals surface area contributed by atoms with Gasteiger partial charge in [-0.1, -0.05) is 35.9 Å². The molecule has 2 aromatic heterocycles. The van der Waals surface area contributed by atoms with Crippen molar-refractivity contribution in [2.24, 2.45) is 0 Å². The third kappa shape index (κ3) is 4.46. The maximum Gasteiger partial charge on any atom is 0.296 e. The summed E-state index contributed by atoms with van der Waals surface area (Å²) in [6, 6.07) is 10.8. The molecular formula is C24H28ClN5O4. The lowest BCUT2D eigenvalue weighted by atomic mass is 10.1. The summed E-state index contributed by atoms with van der Waals surface area (Å²) in [7, 11) is 0. The van der Waals surface area contributed by atoms with Crippen LogP contribution in [0, 0.1) is 0 Å². The topological polar surface area (TPSA) is 105 Å². The largest absolute Gasteiger partial charge is 0.456 e. The normalized spacial score (nSPS) is 26.9. The van der Waals surface area contributed by atoms with Gasteiger partial charge in [0, 0.05) is 13.1 Å². The highest BCUT2D eigenvalue weighted by Gasteiger charge is 2.48. The van der Waals surface area contributed by atoms with Crippen molar-refractivity contribution in [3.05, 3.63) is 46.5 Å². The van der Waals surface area contributed by atoms with Crippen LogP contribution in [0.4, 0.5) is 5.82 Å². The van der Waals surface area contributed by atoms with E-state index in [2.05, 4.69) is 49.4 Å². The average molecular weight is 486 g/mol. The van der Waals surface area contributed by atoms with E-state index in [4.69, 9.17) is 25.8 Å². The second-order valence-electron chi connectivity index (χ2n) is 9.20. The van der Waals surface area contributed by atoms with E-state index in [9.17, 15) is 5.11 Å². The molecule has 0 radical (unpaired) electrons. The Hall–Kier alpha value is -2.43. The van der Waals surface area contributed by atoms with E-state index in [0.717, 1.165) is 12.1 Å². The first kappa shape index (κ1) is 22.1. The number of anilines is 1. The van der Waals surface area contributed by atoms with Gasteiger partial charge in [0.2, 0.25) is 0 Å². The van der Waals surface area contributed by atoms with Crippen molar-refractivity contribution in [3.63, 3.8) is 0 Å². The maximum atomic E-state index is 9.90. The molecule has 3 saturated heterocycles. The quantitative estimate of drug-likeness (QED) is 0.469. The molecule has 0 spiro atoms. The number of nitrogens with one attached hydrogen (secondary N) is 2. The van der Waals surface area contributed by atoms with Gasteiger partial charge in [-0.25, -0.2) is 4.98 Å². The van der Waals surface area contributed by atoms with Crippen molar-refractivity contribution < 1.29 is 19.3 Å². The van der Waals surface area contributed by atoms with E-state index in [1.165, 1.54) is 31.5 Å². The van der Waals surface area contributed by atoms with Gasteiger partial charge >= 0.3 is 0 Å². The Morgan fingerprint density at radius 2 is 1.85 bits per heavy atom. The van der Waals surface area contributed by atoms with Gasteiger partial charge in [-0.05, 0) is 43.1 Å². The fourth-order valence-corrected chi connectivity index (χ4v) is 5.13. The van der Waals surface area contributed by atoms with Gasteiger partial charge in [0.25, 0.3) is 6.01 Å². The zero-order chi connectivity index (χ0) is 23.1. The molecule has 0 bridgehead atoms. The molecular weight excluding hydrogens is 458 g/mol. The van der Waals surface area contributed by atoms with Gasteiger partial charge in [-0.3, -0.25) is 4.90 Å². The second-order valence-corrected chi connectivity index (χ2v) is 9.61. The minimum atomic E-state index is -0.621. The van der Waals surface area contributed by atoms with E-state index in [0.29, 0.717) is 41.2 Å². The van der Waals surface area contributed by atoms with Crippen molar-refractivity contribution in [1.29, 1.82) is 0 Å². The Kier molecular flexibility index (Phi) is 6.04. The molecule has 2 unspecified atom stereocenters. The van der Waals surface area contributed by atoms with Gasteiger partial charge in [-0.2, -0.15) is 4.98 Å². The number of imidazole rings is 1. The van der Waals surface area contributed by atoms with Gasteiger partial charge in [-0.15, -0.1) is 0 Å². The Balaban J connectivity index is 1.10. The van der Waals surface area contributed by atoms with E-state index < -0.39 is 6.10 Å². The Labute approximate surface area is 202 Å². The number of rotatable bonds is 7. The van der Waals surface area contributed by atoms with Gasteiger partial charge in [0.1, 0.15) is 24.1 Å². The molecule has 0 amide bonds. The van der Waals surface area contributed by atoms with E-state index in [1.54, 1.807) is 6.07 Å². The molecule has 3 aliphatic heterocycles. The highest BCUT2D eigenvalue weighted by molar-refractivity contribution is 6.33. The standard InChI is InChI=1S/C24H28ClN5O4/c25-16-9-17-23(29-24(27-17)34-19-13-33-20-18(31)12-32-21(19)20)28-22(16)26-10-14-3-5-15(6-4-14)11-30-7-1-2-8-30/h3-6,9,18-21,31H,1-2,7-8,10-13H2,(H2,26,27,28,29)/t18-,19-,20?,21?/m1/s1. The zero-order valence-electron chi connectivity index (χ0n) is 18.7. The summed E-state index contributed by atoms with van der Waals surface area (Å²) in [5.41, 5.74) is 3.68. The third-order valence-corrected chi connectivity index (χ3v) is 7.03. The number of likely N-dealkylation sites (tertiary alicyclic amines) is 1. The molecule has 3 fully saturated rings. The number of ether oxygens (including phenoxy) is 3. The maximum absolute atomic E-state index is 9.90. The highest BCUT2D eigenvalue weighted by Crippen LogP contribution is 2.31. The van der Waals surface area contributed by atoms with Crippen molar-refractivity contribution in [1.82, 2.24) is 19.9 Å². The number of benzene rings is 1. The summed E-state index contributed by atoms with van der Waals surface area (Å²) in [6.45, 7) is 4.61. The van der Waals surface area contributed by atoms with Crippen LogP contribution in [-0.4, -0.2) is 75.7 Å². The van der Waals surface area contributed by atoms with Gasteiger partial charge in [0.15, 0.2) is 11.8 Å². The second kappa shape index (κ2) is 9.31. The van der Waals surface area contributed by atoms with Crippen LogP contribution in [-0.2, 0) is 22.6 Å². The molecule has 34 heavy (non-hydrogen) atoms. The number of fused-ring (bicyclic) bond motifs is 2. The number of halogens is 1. The van der Waals surface area contributed by atoms with Crippen LogP contribution in [0.25, 0.3) is 11.2 Å². The first-order valence-electron chi connectivity index (χ1n) is 11.8. The molecule has 9 nitrogen and oxygen atoms in total. The first-order valence-corrected chi connectivity index (χ1v) is 12.2. The molecule has 10 heteroatoms. The minimum Gasteiger partial charge on any atom is -0.456 e. The number of aromatic nitrogens is 3. The average Bonchev–Trinajstić information content (AvgIpc) is 3.61. The van der Waals surface area contributed by atoms with Crippen LogP contribution in [0.5, 0.6) is 6.01 Å². The smallest absolute Gasteiger partial charge is 0.296 e. The Morgan fingerprint density at radius 3 is 2.68 bits per heavy atom. The molecule has 180 valence electrons. The summed E-state index contributed by atoms with van der Waals surface area (Å²) in [4.78, 5) is 14.6. The monoisotopic (exact) mass is 485 g/mol. The van der Waals surface area contributed by atoms with E-state index >= 15 is 0 Å². The number of nitrogens with zero attached hydrogens (tertiary/aromatic N) is 3. The molecule has 3 aliphatic rings. The molecule has 1 aromatic carbocycles. The summed E-state index contributed by atoms with van der Waals surface area (Å²) in [6.07, 6.45) is 0.982. The number of aromatic amines is 1. The van der Waals surface area contributed by atoms with Crippen molar-refractivity contribution in [2.75, 3.05) is 31.6 Å². The molecule has 3 N–H and O–H groups in total. The van der Waals surface area contributed by atoms with E-state index in [-0.39, 0.29) is 24.9 Å². The predicted octanol–water partition coefficient (Wildman–Crippen LogP) is 2.73. The Morgan fingerprint density at radius 1 is 1.09 bits per heavy atom. The molecule has 0 saturated carbocycles. The lowest BCUT2D eigenvalue weighted by Crippen LogP contribution is -2.34. The van der Waals surface area contributed by atoms with Crippen molar-refractivity contribution >= 4 is 28.6 Å². The minimum absolute atomic E-state index is 0.253. The van der Waals surface area contributed by atoms with Crippen molar-refractivity contribution in [3.8, 4) is 6.01 Å². The van der Waals surface area contributed by atoms with E-state index in [1.807, 2.05) is 0 Å². The summed E-state index contributed by atoms with van der Waals surface area (Å²) in [5.74, 6) is 0.569. The molecule has 4 atom stereocenters. The number of aliphatic hydroxyl groups is 1. The van der Waals surface area contributed by atoms with Gasteiger partial charge < -0.3 is 29.6 Å². The van der Waals surface area contributed by atoms with Crippen LogP contribution in [0.3, 0.4) is 0 Å². The molecule has 0 aliphatic carbocycles. The molecule has 3 aromatic rings. The molecule has 5 heterocycles. The van der Waals surface area contributed by atoms with Crippen LogP contribution < -0.4 is 10.1 Å². The number of hydrogen-bond acceptors (Lipinski definition) is 8. The lowest BCUT2D eigenvalue weighted by Gasteiger charge is -2.15. The summed E-state index contributed by atoms with van der Waals surface area (Å²) in [5, 5.41) is 13.7. The number of H-pyrrole nitrogens is 1. The lowest BCUT2D eigenvalue weighted by molar-refractivity contribution is 0.00706. The highest BCUT2D eigenvalue weighted by atomic mass is 35.5. The van der Waals surface area contributed by atoms with Crippen LogP contribution in [0.2, 0.25) is 5.02 Å². The fourth-order valence-electron chi connectivity index (χ4n) is 4.91. The summed E-state index contributed by atoms with van der Waals surface area (Å²) < 4.78 is 17.2. The zero-order valence-corrected chi connectivity index (χ0v) is 19.5. The number of hydrogen-bond donors (Lipinski definition) is 3. The fraction of sp³-hybridized carbons (Fsp3) is 0.500. The Bertz CT molecular complexity index is 1150.